The third kappa shape index (κ3) is 7.18. The van der Waals surface area contributed by atoms with Crippen LogP contribution in [0.4, 0.5) is 5.69 Å². The summed E-state index contributed by atoms with van der Waals surface area (Å²) in [5.41, 5.74) is 6.81. The molecule has 38 heavy (non-hydrogen) atoms. The maximum atomic E-state index is 13.1. The number of carbonyl (C=O) groups excluding carboxylic acids is 1. The van der Waals surface area contributed by atoms with Gasteiger partial charge < -0.3 is 20.4 Å². The first kappa shape index (κ1) is 27.3. The highest BCUT2D eigenvalue weighted by molar-refractivity contribution is 6.04. The Morgan fingerprint density at radius 1 is 1.03 bits per heavy atom. The van der Waals surface area contributed by atoms with Crippen LogP contribution in [-0.2, 0) is 6.42 Å². The number of hydrogen-bond donors (Lipinski definition) is 2. The first-order valence-electron chi connectivity index (χ1n) is 13.8. The second-order valence-corrected chi connectivity index (χ2v) is 10.3. The van der Waals surface area contributed by atoms with E-state index in [-0.39, 0.29) is 12.1 Å². The minimum Gasteiger partial charge on any atom is -0.365 e. The predicted molar refractivity (Wildman–Crippen MR) is 158 cm³/mol. The predicted octanol–water partition coefficient (Wildman–Crippen LogP) is 6.12. The highest BCUT2D eigenvalue weighted by Gasteiger charge is 2.21. The second kappa shape index (κ2) is 13.2. The molecule has 2 aromatic carbocycles. The van der Waals surface area contributed by atoms with E-state index in [4.69, 9.17) is 0 Å². The molecule has 0 radical (unpaired) electrons. The summed E-state index contributed by atoms with van der Waals surface area (Å²) in [4.78, 5) is 17.6. The van der Waals surface area contributed by atoms with Crippen LogP contribution < -0.4 is 10.6 Å². The number of nitrogens with zero attached hydrogens (tertiary/aromatic N) is 2. The quantitative estimate of drug-likeness (QED) is 0.300. The van der Waals surface area contributed by atoms with Crippen LogP contribution in [0, 0.1) is 25.7 Å². The number of nitrogens with one attached hydrogen (secondary N) is 2. The maximum Gasteiger partial charge on any atom is 0.255 e. The standard InChI is InChI=1S/C33H40N4O/c1-5-19-36(4)20-9-6-7-11-27-15-17-30(22-26(27)3)35-33(38)29-14-13-25(2)28(23-29)16-18-31-24-34-32-12-8-10-21-37(31)32/h8,10,12-15,17,21-24,32,34H,5-7,9,11,19-20H2,1-4H3,(H,35,38). The zero-order valence-electron chi connectivity index (χ0n) is 23.2. The number of amides is 1. The normalized spacial score (nSPS) is 15.6. The van der Waals surface area contributed by atoms with Gasteiger partial charge in [0.2, 0.25) is 0 Å². The van der Waals surface area contributed by atoms with Crippen LogP contribution in [0.1, 0.15) is 65.2 Å². The molecule has 1 unspecified atom stereocenters. The zero-order chi connectivity index (χ0) is 26.9. The van der Waals surface area contributed by atoms with Crippen molar-refractivity contribution in [2.45, 2.75) is 59.0 Å². The van der Waals surface area contributed by atoms with Crippen LogP contribution in [0.15, 0.2) is 72.7 Å². The first-order chi connectivity index (χ1) is 18.4. The number of rotatable bonds is 10. The van der Waals surface area contributed by atoms with E-state index in [9.17, 15) is 4.79 Å². The van der Waals surface area contributed by atoms with Gasteiger partial charge in [0.25, 0.3) is 5.91 Å². The van der Waals surface area contributed by atoms with Crippen molar-refractivity contribution in [3.05, 3.63) is 101 Å². The van der Waals surface area contributed by atoms with Gasteiger partial charge in [0.15, 0.2) is 0 Å². The van der Waals surface area contributed by atoms with Crippen LogP contribution in [0.3, 0.4) is 0 Å². The van der Waals surface area contributed by atoms with Crippen LogP contribution >= 0.6 is 0 Å². The third-order valence-corrected chi connectivity index (χ3v) is 7.14. The fourth-order valence-corrected chi connectivity index (χ4v) is 4.86. The van der Waals surface area contributed by atoms with Crippen LogP contribution in [0.25, 0.3) is 0 Å². The first-order valence-corrected chi connectivity index (χ1v) is 13.8. The van der Waals surface area contributed by atoms with Crippen molar-refractivity contribution in [2.24, 2.45) is 0 Å². The Balaban J connectivity index is 1.33. The lowest BCUT2D eigenvalue weighted by molar-refractivity contribution is 0.102. The summed E-state index contributed by atoms with van der Waals surface area (Å²) >= 11 is 0. The Bertz CT molecular complexity index is 1290. The fourth-order valence-electron chi connectivity index (χ4n) is 4.86. The number of fused-ring (bicyclic) bond motifs is 1. The van der Waals surface area contributed by atoms with Crippen molar-refractivity contribution in [1.29, 1.82) is 0 Å². The fraction of sp³-hybridized carbons (Fsp3) is 0.364. The Labute approximate surface area is 228 Å². The van der Waals surface area contributed by atoms with E-state index in [1.165, 1.54) is 49.9 Å². The number of aryl methyl sites for hydroxylation is 3. The summed E-state index contributed by atoms with van der Waals surface area (Å²) < 4.78 is 0. The largest absolute Gasteiger partial charge is 0.365 e. The minimum atomic E-state index is -0.123. The maximum absolute atomic E-state index is 13.1. The molecule has 0 aromatic heterocycles. The van der Waals surface area contributed by atoms with E-state index in [0.717, 1.165) is 28.9 Å². The summed E-state index contributed by atoms with van der Waals surface area (Å²) in [5, 5.41) is 6.38. The van der Waals surface area contributed by atoms with Crippen molar-refractivity contribution in [2.75, 3.05) is 25.5 Å². The van der Waals surface area contributed by atoms with Gasteiger partial charge in [0.05, 0.1) is 0 Å². The Morgan fingerprint density at radius 2 is 1.89 bits per heavy atom. The summed E-state index contributed by atoms with van der Waals surface area (Å²) in [6.45, 7) is 8.72. The van der Waals surface area contributed by atoms with E-state index in [1.54, 1.807) is 0 Å². The lowest BCUT2D eigenvalue weighted by Gasteiger charge is -2.22. The summed E-state index contributed by atoms with van der Waals surface area (Å²) in [5.74, 6) is 6.40. The van der Waals surface area contributed by atoms with E-state index in [0.29, 0.717) is 5.56 Å². The molecule has 2 aliphatic rings. The number of anilines is 1. The molecule has 4 rings (SSSR count). The van der Waals surface area contributed by atoms with E-state index in [2.05, 4.69) is 71.4 Å². The molecule has 5 heteroatoms. The molecule has 0 aliphatic carbocycles. The molecule has 5 nitrogen and oxygen atoms in total. The number of carbonyl (C=O) groups is 1. The topological polar surface area (TPSA) is 47.6 Å². The molecule has 2 aliphatic heterocycles. The number of unbranched alkanes of at least 4 members (excludes halogenated alkanes) is 2. The van der Waals surface area contributed by atoms with Crippen LogP contribution in [0.2, 0.25) is 0 Å². The molecule has 1 amide bonds. The van der Waals surface area contributed by atoms with Gasteiger partial charge in [-0.1, -0.05) is 37.5 Å². The van der Waals surface area contributed by atoms with Gasteiger partial charge >= 0.3 is 0 Å². The van der Waals surface area contributed by atoms with Gasteiger partial charge in [-0.3, -0.25) is 4.79 Å². The minimum absolute atomic E-state index is 0.120. The zero-order valence-corrected chi connectivity index (χ0v) is 23.2. The summed E-state index contributed by atoms with van der Waals surface area (Å²) in [6.07, 6.45) is 16.1. The number of allylic oxidation sites excluding steroid dienone is 3. The van der Waals surface area contributed by atoms with Crippen LogP contribution in [-0.4, -0.2) is 42.0 Å². The lowest BCUT2D eigenvalue weighted by Crippen LogP contribution is -2.32. The van der Waals surface area contributed by atoms with Gasteiger partial charge in [0, 0.05) is 29.2 Å². The van der Waals surface area contributed by atoms with Crippen molar-refractivity contribution in [3.8, 4) is 11.8 Å². The van der Waals surface area contributed by atoms with Gasteiger partial charge in [-0.2, -0.15) is 0 Å². The average Bonchev–Trinajstić information content (AvgIpc) is 3.32. The van der Waals surface area contributed by atoms with Gasteiger partial charge in [-0.25, -0.2) is 0 Å². The Hall–Kier alpha value is -3.75. The molecule has 0 saturated carbocycles. The number of hydrogen-bond acceptors (Lipinski definition) is 4. The molecular formula is C33H40N4O. The molecular weight excluding hydrogens is 468 g/mol. The van der Waals surface area contributed by atoms with Crippen molar-refractivity contribution in [1.82, 2.24) is 15.1 Å². The monoisotopic (exact) mass is 508 g/mol. The van der Waals surface area contributed by atoms with E-state index in [1.807, 2.05) is 55.7 Å². The van der Waals surface area contributed by atoms with Crippen molar-refractivity contribution < 1.29 is 4.79 Å². The second-order valence-electron chi connectivity index (χ2n) is 10.3. The molecule has 198 valence electrons. The van der Waals surface area contributed by atoms with Crippen LogP contribution in [0.5, 0.6) is 0 Å². The molecule has 0 spiro atoms. The summed E-state index contributed by atoms with van der Waals surface area (Å²) in [6, 6.07) is 11.9. The van der Waals surface area contributed by atoms with Crippen molar-refractivity contribution in [3.63, 3.8) is 0 Å². The highest BCUT2D eigenvalue weighted by atomic mass is 16.1. The Morgan fingerprint density at radius 3 is 2.71 bits per heavy atom. The molecule has 1 atom stereocenters. The molecule has 0 fully saturated rings. The smallest absolute Gasteiger partial charge is 0.255 e. The molecule has 0 saturated heterocycles. The average molecular weight is 509 g/mol. The molecule has 2 aromatic rings. The molecule has 2 N–H and O–H groups in total. The van der Waals surface area contributed by atoms with Crippen molar-refractivity contribution >= 4 is 11.6 Å². The lowest BCUT2D eigenvalue weighted by atomic mass is 10.0. The third-order valence-electron chi connectivity index (χ3n) is 7.14. The molecule has 0 bridgehead atoms. The van der Waals surface area contributed by atoms with Gasteiger partial charge in [-0.05, 0) is 119 Å². The highest BCUT2D eigenvalue weighted by Crippen LogP contribution is 2.21. The summed E-state index contributed by atoms with van der Waals surface area (Å²) in [7, 11) is 2.20. The van der Waals surface area contributed by atoms with E-state index >= 15 is 0 Å². The van der Waals surface area contributed by atoms with Gasteiger partial charge in [-0.15, -0.1) is 0 Å². The number of benzene rings is 2. The molecule has 2 heterocycles. The SMILES string of the molecule is CCCN(C)CCCCCc1ccc(NC(=O)c2ccc(C)c(C#CC3=CNC4C=CC=CN34)c2)cc1C. The van der Waals surface area contributed by atoms with E-state index < -0.39 is 0 Å². The Kier molecular flexibility index (Phi) is 9.46. The van der Waals surface area contributed by atoms with Gasteiger partial charge in [0.1, 0.15) is 11.9 Å².